The number of hydrogen-bond donors (Lipinski definition) is 0. The average Bonchev–Trinajstić information content (AvgIpc) is 2.55. The van der Waals surface area contributed by atoms with E-state index in [2.05, 4.69) is 0 Å². The molecule has 5 heteroatoms. The van der Waals surface area contributed by atoms with Crippen LogP contribution >= 0.6 is 11.6 Å². The van der Waals surface area contributed by atoms with Crippen LogP contribution in [0, 0.1) is 6.92 Å². The highest BCUT2D eigenvalue weighted by Gasteiger charge is 2.20. The summed E-state index contributed by atoms with van der Waals surface area (Å²) in [4.78, 5) is 24.5. The van der Waals surface area contributed by atoms with Crippen molar-refractivity contribution in [2.75, 3.05) is 0 Å². The maximum absolute atomic E-state index is 12.3. The smallest absolute Gasteiger partial charge is 0.351 e. The number of benzene rings is 2. The van der Waals surface area contributed by atoms with Crippen LogP contribution in [0.4, 0.5) is 0 Å². The molecule has 0 aliphatic heterocycles. The molecule has 0 saturated carbocycles. The van der Waals surface area contributed by atoms with Crippen LogP contribution in [0.25, 0.3) is 11.0 Å². The maximum atomic E-state index is 12.3. The fourth-order valence-electron chi connectivity index (χ4n) is 2.36. The maximum Gasteiger partial charge on any atom is 0.351 e. The number of alkyl halides is 1. The number of rotatable bonds is 3. The Balaban J connectivity index is 2.09. The fraction of sp³-hybridized carbons (Fsp3) is 0.111. The van der Waals surface area contributed by atoms with Gasteiger partial charge in [-0.1, -0.05) is 24.3 Å². The Morgan fingerprint density at radius 1 is 1.17 bits per heavy atom. The molecule has 0 atom stereocenters. The number of halogens is 1. The van der Waals surface area contributed by atoms with E-state index < -0.39 is 11.6 Å². The van der Waals surface area contributed by atoms with E-state index in [-0.39, 0.29) is 5.56 Å². The molecule has 0 aliphatic carbocycles. The normalized spacial score (nSPS) is 10.7. The number of ether oxygens (including phenoxy) is 1. The molecule has 0 unspecified atom stereocenters. The first-order valence-electron chi connectivity index (χ1n) is 6.99. The van der Waals surface area contributed by atoms with E-state index in [4.69, 9.17) is 20.8 Å². The van der Waals surface area contributed by atoms with E-state index >= 15 is 0 Å². The monoisotopic (exact) mass is 328 g/mol. The van der Waals surface area contributed by atoms with E-state index in [1.165, 1.54) is 0 Å². The Labute approximate surface area is 137 Å². The van der Waals surface area contributed by atoms with Crippen LogP contribution in [0.2, 0.25) is 0 Å². The van der Waals surface area contributed by atoms with E-state index in [1.807, 2.05) is 0 Å². The average molecular weight is 329 g/mol. The lowest BCUT2D eigenvalue weighted by atomic mass is 10.0. The topological polar surface area (TPSA) is 56.5 Å². The van der Waals surface area contributed by atoms with Gasteiger partial charge in [0.15, 0.2) is 0 Å². The van der Waals surface area contributed by atoms with Crippen LogP contribution in [0.1, 0.15) is 21.5 Å². The number of aryl methyl sites for hydroxylation is 1. The molecule has 0 saturated heterocycles. The number of esters is 1. The molecule has 3 rings (SSSR count). The van der Waals surface area contributed by atoms with Gasteiger partial charge in [0.25, 0.3) is 0 Å². The van der Waals surface area contributed by atoms with Gasteiger partial charge in [0.05, 0.1) is 0 Å². The van der Waals surface area contributed by atoms with Crippen molar-refractivity contribution in [3.63, 3.8) is 0 Å². The molecule has 0 spiro atoms. The highest BCUT2D eigenvalue weighted by atomic mass is 35.5. The Kier molecular flexibility index (Phi) is 4.17. The Morgan fingerprint density at radius 2 is 1.91 bits per heavy atom. The second-order valence-electron chi connectivity index (χ2n) is 5.06. The third-order valence-electron chi connectivity index (χ3n) is 3.54. The second kappa shape index (κ2) is 6.26. The first-order valence-corrected chi connectivity index (χ1v) is 7.53. The van der Waals surface area contributed by atoms with Gasteiger partial charge in [-0.15, -0.1) is 11.6 Å². The number of hydrogen-bond acceptors (Lipinski definition) is 4. The van der Waals surface area contributed by atoms with Crippen molar-refractivity contribution in [3.8, 4) is 5.75 Å². The van der Waals surface area contributed by atoms with Crippen molar-refractivity contribution in [1.82, 2.24) is 0 Å². The summed E-state index contributed by atoms with van der Waals surface area (Å²) in [5.41, 5.74) is 0.989. The third kappa shape index (κ3) is 2.98. The van der Waals surface area contributed by atoms with Gasteiger partial charge in [0.2, 0.25) is 0 Å². The summed E-state index contributed by atoms with van der Waals surface area (Å²) < 4.78 is 10.5. The minimum absolute atomic E-state index is 0.104. The van der Waals surface area contributed by atoms with Crippen LogP contribution in [-0.4, -0.2) is 5.97 Å². The number of fused-ring (bicyclic) bond motifs is 1. The lowest BCUT2D eigenvalue weighted by Crippen LogP contribution is -2.21. The zero-order valence-electron chi connectivity index (χ0n) is 12.3. The highest BCUT2D eigenvalue weighted by Crippen LogP contribution is 2.22. The van der Waals surface area contributed by atoms with Crippen LogP contribution in [-0.2, 0) is 5.88 Å². The van der Waals surface area contributed by atoms with Crippen LogP contribution in [0.3, 0.4) is 0 Å². The Morgan fingerprint density at radius 3 is 2.61 bits per heavy atom. The van der Waals surface area contributed by atoms with E-state index in [1.54, 1.807) is 55.5 Å². The first-order chi connectivity index (χ1) is 11.1. The molecule has 116 valence electrons. The summed E-state index contributed by atoms with van der Waals surface area (Å²) >= 11 is 5.84. The zero-order valence-corrected chi connectivity index (χ0v) is 13.1. The van der Waals surface area contributed by atoms with Crippen LogP contribution < -0.4 is 10.4 Å². The SMILES string of the molecule is Cc1c(C(=O)Oc2ccccc2)c(=O)oc2ccc(CCl)cc12. The Hall–Kier alpha value is -2.59. The molecule has 0 aliphatic rings. The van der Waals surface area contributed by atoms with Crippen molar-refractivity contribution in [2.24, 2.45) is 0 Å². The lowest BCUT2D eigenvalue weighted by Gasteiger charge is -2.08. The van der Waals surface area contributed by atoms with Crippen molar-refractivity contribution >= 4 is 28.5 Å². The van der Waals surface area contributed by atoms with Gasteiger partial charge >= 0.3 is 11.6 Å². The molecular formula is C18H13ClO4. The van der Waals surface area contributed by atoms with Gasteiger partial charge in [-0.2, -0.15) is 0 Å². The van der Waals surface area contributed by atoms with E-state index in [0.717, 1.165) is 5.56 Å². The minimum atomic E-state index is -0.736. The van der Waals surface area contributed by atoms with Gasteiger partial charge in [0, 0.05) is 11.3 Å². The van der Waals surface area contributed by atoms with E-state index in [0.29, 0.717) is 28.2 Å². The standard InChI is InChI=1S/C18H13ClO4/c1-11-14-9-12(10-19)7-8-15(14)23-18(21)16(11)17(20)22-13-5-3-2-4-6-13/h2-9H,10H2,1H3. The summed E-state index contributed by atoms with van der Waals surface area (Å²) in [6.45, 7) is 1.69. The molecule has 23 heavy (non-hydrogen) atoms. The number of carbonyl (C=O) groups excluding carboxylic acids is 1. The molecule has 0 radical (unpaired) electrons. The molecule has 1 heterocycles. The van der Waals surface area contributed by atoms with Gasteiger partial charge in [-0.3, -0.25) is 0 Å². The molecule has 1 aromatic heterocycles. The largest absolute Gasteiger partial charge is 0.423 e. The van der Waals surface area contributed by atoms with E-state index in [9.17, 15) is 9.59 Å². The summed E-state index contributed by atoms with van der Waals surface area (Å²) in [6, 6.07) is 13.8. The summed E-state index contributed by atoms with van der Waals surface area (Å²) in [5, 5.41) is 0.669. The predicted molar refractivity (Wildman–Crippen MR) is 88.2 cm³/mol. The van der Waals surface area contributed by atoms with Gasteiger partial charge in [-0.25, -0.2) is 9.59 Å². The lowest BCUT2D eigenvalue weighted by molar-refractivity contribution is 0.0730. The number of carbonyl (C=O) groups is 1. The minimum Gasteiger partial charge on any atom is -0.423 e. The molecule has 3 aromatic rings. The van der Waals surface area contributed by atoms with Crippen molar-refractivity contribution < 1.29 is 13.9 Å². The number of para-hydroxylation sites is 1. The molecular weight excluding hydrogens is 316 g/mol. The molecule has 0 amide bonds. The zero-order chi connectivity index (χ0) is 16.4. The molecule has 0 bridgehead atoms. The summed E-state index contributed by atoms with van der Waals surface area (Å²) in [5.74, 6) is -0.0373. The molecule has 4 nitrogen and oxygen atoms in total. The predicted octanol–water partition coefficient (Wildman–Crippen LogP) is 4.06. The summed E-state index contributed by atoms with van der Waals surface area (Å²) in [7, 11) is 0. The van der Waals surface area contributed by atoms with Gasteiger partial charge < -0.3 is 9.15 Å². The fourth-order valence-corrected chi connectivity index (χ4v) is 2.53. The first kappa shape index (κ1) is 15.3. The van der Waals surface area contributed by atoms with Crippen molar-refractivity contribution in [3.05, 3.63) is 75.6 Å². The van der Waals surface area contributed by atoms with Gasteiger partial charge in [0.1, 0.15) is 16.9 Å². The van der Waals surface area contributed by atoms with Crippen LogP contribution in [0.5, 0.6) is 5.75 Å². The second-order valence-corrected chi connectivity index (χ2v) is 5.32. The van der Waals surface area contributed by atoms with Crippen LogP contribution in [0.15, 0.2) is 57.7 Å². The summed E-state index contributed by atoms with van der Waals surface area (Å²) in [6.07, 6.45) is 0. The Bertz CT molecular complexity index is 929. The van der Waals surface area contributed by atoms with Crippen molar-refractivity contribution in [1.29, 1.82) is 0 Å². The molecule has 0 fully saturated rings. The van der Waals surface area contributed by atoms with Gasteiger partial charge in [-0.05, 0) is 42.3 Å². The van der Waals surface area contributed by atoms with Crippen molar-refractivity contribution in [2.45, 2.75) is 12.8 Å². The third-order valence-corrected chi connectivity index (χ3v) is 3.85. The molecule has 0 N–H and O–H groups in total. The highest BCUT2D eigenvalue weighted by molar-refractivity contribution is 6.17. The quantitative estimate of drug-likeness (QED) is 0.315. The molecule has 2 aromatic carbocycles.